The highest BCUT2D eigenvalue weighted by Crippen LogP contribution is 2.36. The predicted molar refractivity (Wildman–Crippen MR) is 156 cm³/mol. The minimum absolute atomic E-state index is 0.295. The second-order valence-corrected chi connectivity index (χ2v) is 11.8. The van der Waals surface area contributed by atoms with E-state index in [-0.39, 0.29) is 0 Å². The number of likely N-dealkylation sites (tertiary alicyclic amines) is 1. The molecule has 4 N–H and O–H groups in total. The third-order valence-electron chi connectivity index (χ3n) is 7.60. The van der Waals surface area contributed by atoms with E-state index in [1.54, 1.807) is 17.5 Å². The van der Waals surface area contributed by atoms with E-state index < -0.39 is 5.82 Å². The number of pyridine rings is 2. The van der Waals surface area contributed by atoms with Crippen molar-refractivity contribution in [1.82, 2.24) is 35.0 Å². The van der Waals surface area contributed by atoms with Crippen LogP contribution in [0.4, 0.5) is 4.39 Å². The number of nitrogens with zero attached hydrogens (tertiary/aromatic N) is 5. The van der Waals surface area contributed by atoms with E-state index in [9.17, 15) is 0 Å². The van der Waals surface area contributed by atoms with Gasteiger partial charge in [0.1, 0.15) is 11.5 Å². The molecule has 10 heteroatoms. The summed E-state index contributed by atoms with van der Waals surface area (Å²) < 4.78 is 16.3. The van der Waals surface area contributed by atoms with E-state index in [0.29, 0.717) is 40.1 Å². The van der Waals surface area contributed by atoms with Gasteiger partial charge in [-0.1, -0.05) is 6.42 Å². The average Bonchev–Trinajstić information content (AvgIpc) is 3.67. The number of halogens is 1. The van der Waals surface area contributed by atoms with Gasteiger partial charge in [-0.25, -0.2) is 14.4 Å². The third kappa shape index (κ3) is 4.52. The molecule has 0 atom stereocenters. The standard InChI is InChI=1S/C30H29FN8S/c1-17-5-8-24(40-17)21-7-6-20(32)12-23-27(21)36-30(35-23)28-25-26(31)22(15-34-29(25)38-37-28)19-11-18(13-33-14-19)16-39-9-3-2-4-10-39/h5-8,11,13-15H,2-4,9-10,12,16,32H2,1H3,(H,35,36)(H,34,37,38). The Balaban J connectivity index is 1.28. The molecule has 40 heavy (non-hydrogen) atoms. The van der Waals surface area contributed by atoms with Gasteiger partial charge in [-0.15, -0.1) is 11.3 Å². The van der Waals surface area contributed by atoms with Crippen molar-refractivity contribution < 1.29 is 4.39 Å². The number of nitrogens with two attached hydrogens (primary N) is 1. The van der Waals surface area contributed by atoms with E-state index in [4.69, 9.17) is 10.7 Å². The lowest BCUT2D eigenvalue weighted by atomic mass is 10.0. The summed E-state index contributed by atoms with van der Waals surface area (Å²) in [6, 6.07) is 6.19. The van der Waals surface area contributed by atoms with Crippen LogP contribution in [0.5, 0.6) is 0 Å². The number of aromatic amines is 2. The fourth-order valence-electron chi connectivity index (χ4n) is 5.61. The molecule has 0 bridgehead atoms. The molecule has 1 fully saturated rings. The van der Waals surface area contributed by atoms with Crippen LogP contribution in [0.25, 0.3) is 39.3 Å². The number of H-pyrrole nitrogens is 2. The lowest BCUT2D eigenvalue weighted by Gasteiger charge is -2.26. The van der Waals surface area contributed by atoms with Gasteiger partial charge in [0.25, 0.3) is 0 Å². The van der Waals surface area contributed by atoms with Gasteiger partial charge in [-0.3, -0.25) is 15.0 Å². The zero-order valence-electron chi connectivity index (χ0n) is 22.2. The largest absolute Gasteiger partial charge is 0.402 e. The first kappa shape index (κ1) is 24.9. The quantitative estimate of drug-likeness (QED) is 0.257. The highest BCUT2D eigenvalue weighted by molar-refractivity contribution is 7.13. The molecule has 6 heterocycles. The Bertz CT molecular complexity index is 1790. The number of nitrogens with one attached hydrogen (secondary N) is 2. The number of hydrogen-bond donors (Lipinski definition) is 3. The Labute approximate surface area is 234 Å². The molecule has 7 rings (SSSR count). The minimum atomic E-state index is -0.402. The van der Waals surface area contributed by atoms with Crippen molar-refractivity contribution in [2.75, 3.05) is 13.1 Å². The van der Waals surface area contributed by atoms with Gasteiger partial charge < -0.3 is 10.7 Å². The topological polar surface area (TPSA) is 112 Å². The van der Waals surface area contributed by atoms with Gasteiger partial charge in [-0.05, 0) is 68.8 Å². The van der Waals surface area contributed by atoms with E-state index in [0.717, 1.165) is 52.7 Å². The number of aromatic nitrogens is 6. The summed E-state index contributed by atoms with van der Waals surface area (Å²) >= 11 is 1.70. The van der Waals surface area contributed by atoms with Gasteiger partial charge in [0.15, 0.2) is 11.5 Å². The number of fused-ring (bicyclic) bond motifs is 2. The monoisotopic (exact) mass is 552 g/mol. The molecule has 0 saturated carbocycles. The maximum atomic E-state index is 16.3. The second-order valence-electron chi connectivity index (χ2n) is 10.5. The molecule has 0 unspecified atom stereocenters. The molecule has 0 aromatic carbocycles. The number of thiophene rings is 1. The molecular formula is C30H29FN8S. The van der Waals surface area contributed by atoms with Crippen LogP contribution in [0.3, 0.4) is 0 Å². The molecule has 1 aliphatic heterocycles. The fourth-order valence-corrected chi connectivity index (χ4v) is 6.50. The summed E-state index contributed by atoms with van der Waals surface area (Å²) in [4.78, 5) is 22.0. The van der Waals surface area contributed by atoms with Crippen molar-refractivity contribution in [3.63, 3.8) is 0 Å². The predicted octanol–water partition coefficient (Wildman–Crippen LogP) is 5.74. The third-order valence-corrected chi connectivity index (χ3v) is 8.64. The first-order valence-corrected chi connectivity index (χ1v) is 14.4. The van der Waals surface area contributed by atoms with Crippen LogP contribution in [-0.2, 0) is 13.0 Å². The molecule has 1 aliphatic carbocycles. The van der Waals surface area contributed by atoms with Crippen molar-refractivity contribution in [1.29, 1.82) is 0 Å². The lowest BCUT2D eigenvalue weighted by molar-refractivity contribution is 0.220. The number of allylic oxidation sites excluding steroid dienone is 3. The van der Waals surface area contributed by atoms with Crippen molar-refractivity contribution >= 4 is 27.9 Å². The summed E-state index contributed by atoms with van der Waals surface area (Å²) in [7, 11) is 0. The maximum absolute atomic E-state index is 16.3. The maximum Gasteiger partial charge on any atom is 0.184 e. The summed E-state index contributed by atoms with van der Waals surface area (Å²) in [6.45, 7) is 5.06. The van der Waals surface area contributed by atoms with Crippen LogP contribution in [0.1, 0.15) is 46.0 Å². The van der Waals surface area contributed by atoms with Crippen LogP contribution in [-0.4, -0.2) is 48.1 Å². The summed E-state index contributed by atoms with van der Waals surface area (Å²) in [5.74, 6) is 0.0949. The first-order valence-electron chi connectivity index (χ1n) is 13.6. The SMILES string of the molecule is Cc1ccc(C2=CC=C(N)Cc3[nH]c(-c4[nH]nc5ncc(-c6cncc(CN7CCCCC7)c6)c(F)c45)nc32)s1. The van der Waals surface area contributed by atoms with Gasteiger partial charge in [0.05, 0.1) is 11.1 Å². The molecular weight excluding hydrogens is 523 g/mol. The molecule has 2 aliphatic rings. The summed E-state index contributed by atoms with van der Waals surface area (Å²) in [5.41, 5.74) is 12.5. The first-order chi connectivity index (χ1) is 19.5. The second kappa shape index (κ2) is 10.1. The zero-order valence-corrected chi connectivity index (χ0v) is 23.0. The molecule has 8 nitrogen and oxygen atoms in total. The smallest absolute Gasteiger partial charge is 0.184 e. The van der Waals surface area contributed by atoms with Crippen molar-refractivity contribution in [2.24, 2.45) is 5.73 Å². The lowest BCUT2D eigenvalue weighted by Crippen LogP contribution is -2.29. The Kier molecular flexibility index (Phi) is 6.28. The van der Waals surface area contributed by atoms with Gasteiger partial charge >= 0.3 is 0 Å². The molecule has 5 aromatic rings. The van der Waals surface area contributed by atoms with Crippen LogP contribution in [0.15, 0.2) is 54.6 Å². The van der Waals surface area contributed by atoms with Crippen LogP contribution in [0, 0.1) is 12.7 Å². The Morgan fingerprint density at radius 3 is 2.80 bits per heavy atom. The molecule has 0 spiro atoms. The average molecular weight is 553 g/mol. The zero-order chi connectivity index (χ0) is 27.2. The number of imidazole rings is 1. The van der Waals surface area contributed by atoms with Crippen molar-refractivity contribution in [2.45, 2.75) is 39.2 Å². The van der Waals surface area contributed by atoms with E-state index in [1.807, 2.05) is 24.4 Å². The minimum Gasteiger partial charge on any atom is -0.402 e. The van der Waals surface area contributed by atoms with Crippen molar-refractivity contribution in [3.05, 3.63) is 87.2 Å². The highest BCUT2D eigenvalue weighted by Gasteiger charge is 2.24. The Morgan fingerprint density at radius 1 is 1.10 bits per heavy atom. The van der Waals surface area contributed by atoms with Crippen LogP contribution in [0.2, 0.25) is 0 Å². The normalized spacial score (nSPS) is 16.1. The van der Waals surface area contributed by atoms with Gasteiger partial charge in [0, 0.05) is 69.4 Å². The summed E-state index contributed by atoms with van der Waals surface area (Å²) in [6.07, 6.45) is 13.3. The molecule has 0 amide bonds. The Morgan fingerprint density at radius 2 is 1.98 bits per heavy atom. The molecule has 0 radical (unpaired) electrons. The Hall–Kier alpha value is -4.15. The van der Waals surface area contributed by atoms with E-state index in [2.05, 4.69) is 49.1 Å². The summed E-state index contributed by atoms with van der Waals surface area (Å²) in [5, 5.41) is 7.57. The molecule has 5 aromatic heterocycles. The number of aryl methyl sites for hydroxylation is 1. The van der Waals surface area contributed by atoms with Crippen molar-refractivity contribution in [3.8, 4) is 22.6 Å². The number of hydrogen-bond acceptors (Lipinski definition) is 7. The van der Waals surface area contributed by atoms with Crippen LogP contribution < -0.4 is 5.73 Å². The number of rotatable bonds is 5. The molecule has 202 valence electrons. The van der Waals surface area contributed by atoms with Gasteiger partial charge in [-0.2, -0.15) is 5.10 Å². The number of piperidine rings is 1. The fraction of sp³-hybridized carbons (Fsp3) is 0.267. The highest BCUT2D eigenvalue weighted by atomic mass is 32.1. The van der Waals surface area contributed by atoms with E-state index in [1.165, 1.54) is 30.3 Å². The van der Waals surface area contributed by atoms with Crippen LogP contribution >= 0.6 is 11.3 Å². The van der Waals surface area contributed by atoms with Gasteiger partial charge in [0.2, 0.25) is 0 Å². The molecule has 1 saturated heterocycles. The van der Waals surface area contributed by atoms with E-state index >= 15 is 4.39 Å².